The molecule has 0 fully saturated rings. The van der Waals surface area contributed by atoms with E-state index in [1.807, 2.05) is 42.5 Å². The Bertz CT molecular complexity index is 701. The Hall–Kier alpha value is -2.47. The van der Waals surface area contributed by atoms with Gasteiger partial charge < -0.3 is 16.0 Å². The number of carbonyl (C=O) groups excluding carboxylic acids is 1. The van der Waals surface area contributed by atoms with Crippen molar-refractivity contribution in [2.75, 3.05) is 29.5 Å². The molecule has 2 amide bonds. The van der Waals surface area contributed by atoms with Crippen LogP contribution in [-0.4, -0.2) is 30.0 Å². The molecule has 3 rings (SSSR count). The number of benzene rings is 2. The second kappa shape index (κ2) is 8.40. The van der Waals surface area contributed by atoms with E-state index in [1.54, 1.807) is 11.8 Å². The Morgan fingerprint density at radius 3 is 2.54 bits per heavy atom. The molecule has 0 aromatic heterocycles. The number of nitrogens with zero attached hydrogens (tertiary/aromatic N) is 1. The van der Waals surface area contributed by atoms with Crippen LogP contribution in [0.4, 0.5) is 16.2 Å². The number of thioether (sulfide) groups is 1. The smallest absolute Gasteiger partial charge is 0.319 e. The van der Waals surface area contributed by atoms with Crippen LogP contribution in [0.3, 0.4) is 0 Å². The summed E-state index contributed by atoms with van der Waals surface area (Å²) < 4.78 is 0. The summed E-state index contributed by atoms with van der Waals surface area (Å²) >= 11 is 1.74. The number of para-hydroxylation sites is 1. The van der Waals surface area contributed by atoms with Crippen LogP contribution < -0.4 is 16.0 Å². The van der Waals surface area contributed by atoms with Crippen molar-refractivity contribution >= 4 is 34.3 Å². The minimum atomic E-state index is -0.184. The number of amides is 2. The van der Waals surface area contributed by atoms with E-state index in [1.165, 1.54) is 5.56 Å². The maximum Gasteiger partial charge on any atom is 0.319 e. The first-order valence-corrected chi connectivity index (χ1v) is 8.91. The number of aliphatic imine (C=N–C) groups is 1. The summed E-state index contributed by atoms with van der Waals surface area (Å²) in [7, 11) is 0. The second-order valence-electron chi connectivity index (χ2n) is 5.35. The summed E-state index contributed by atoms with van der Waals surface area (Å²) in [5.41, 5.74) is 3.02. The van der Waals surface area contributed by atoms with Gasteiger partial charge in [-0.25, -0.2) is 4.79 Å². The highest BCUT2D eigenvalue weighted by Gasteiger charge is 2.06. The van der Waals surface area contributed by atoms with Crippen molar-refractivity contribution in [1.29, 1.82) is 0 Å². The normalized spacial score (nSPS) is 13.2. The molecule has 1 aliphatic rings. The molecule has 2 aromatic carbocycles. The van der Waals surface area contributed by atoms with Crippen LogP contribution in [0.15, 0.2) is 59.6 Å². The minimum absolute atomic E-state index is 0.184. The minimum Gasteiger partial charge on any atom is -0.338 e. The van der Waals surface area contributed by atoms with Gasteiger partial charge in [0.05, 0.1) is 6.54 Å². The van der Waals surface area contributed by atoms with Crippen molar-refractivity contribution in [3.63, 3.8) is 0 Å². The SMILES string of the molecule is O=C(NCCc1ccc(NC2=NCCS2)cc1)Nc1ccccc1. The first-order chi connectivity index (χ1) is 11.8. The third-order valence-electron chi connectivity index (χ3n) is 3.52. The highest BCUT2D eigenvalue weighted by atomic mass is 32.2. The maximum atomic E-state index is 11.8. The van der Waals surface area contributed by atoms with Gasteiger partial charge in [0, 0.05) is 23.7 Å². The molecule has 0 unspecified atom stereocenters. The fourth-order valence-corrected chi connectivity index (χ4v) is 3.05. The maximum absolute atomic E-state index is 11.8. The summed E-state index contributed by atoms with van der Waals surface area (Å²) in [6, 6.07) is 17.5. The zero-order valence-electron chi connectivity index (χ0n) is 13.3. The lowest BCUT2D eigenvalue weighted by atomic mass is 10.1. The van der Waals surface area contributed by atoms with Crippen LogP contribution >= 0.6 is 11.8 Å². The Morgan fingerprint density at radius 2 is 1.83 bits per heavy atom. The largest absolute Gasteiger partial charge is 0.338 e. The average molecular weight is 340 g/mol. The number of carbonyl (C=O) groups is 1. The van der Waals surface area contributed by atoms with Gasteiger partial charge in [0.1, 0.15) is 0 Å². The molecular weight excluding hydrogens is 320 g/mol. The lowest BCUT2D eigenvalue weighted by molar-refractivity contribution is 0.252. The van der Waals surface area contributed by atoms with Gasteiger partial charge in [0.2, 0.25) is 0 Å². The number of rotatable bonds is 5. The van der Waals surface area contributed by atoms with Crippen molar-refractivity contribution in [3.8, 4) is 0 Å². The molecule has 5 nitrogen and oxygen atoms in total. The first kappa shape index (κ1) is 16.4. The molecule has 0 bridgehead atoms. The van der Waals surface area contributed by atoms with Crippen LogP contribution in [0.5, 0.6) is 0 Å². The van der Waals surface area contributed by atoms with Gasteiger partial charge in [0.15, 0.2) is 5.17 Å². The average Bonchev–Trinajstić information content (AvgIpc) is 3.10. The fraction of sp³-hybridized carbons (Fsp3) is 0.222. The van der Waals surface area contributed by atoms with E-state index >= 15 is 0 Å². The summed E-state index contributed by atoms with van der Waals surface area (Å²) in [4.78, 5) is 16.2. The standard InChI is InChI=1S/C18H20N4OS/c23-17(21-15-4-2-1-3-5-15)19-11-10-14-6-8-16(9-7-14)22-18-20-12-13-24-18/h1-9H,10-13H2,(H,20,22)(H2,19,21,23). The molecule has 0 radical (unpaired) electrons. The predicted octanol–water partition coefficient (Wildman–Crippen LogP) is 3.57. The van der Waals surface area contributed by atoms with Crippen LogP contribution in [-0.2, 0) is 6.42 Å². The lowest BCUT2D eigenvalue weighted by Crippen LogP contribution is -2.30. The van der Waals surface area contributed by atoms with E-state index in [9.17, 15) is 4.79 Å². The topological polar surface area (TPSA) is 65.5 Å². The quantitative estimate of drug-likeness (QED) is 0.780. The molecule has 0 atom stereocenters. The molecule has 0 saturated heterocycles. The van der Waals surface area contributed by atoms with Gasteiger partial charge in [-0.05, 0) is 36.2 Å². The van der Waals surface area contributed by atoms with E-state index in [0.717, 1.165) is 35.3 Å². The molecule has 1 heterocycles. The Kier molecular flexibility index (Phi) is 5.74. The molecule has 6 heteroatoms. The van der Waals surface area contributed by atoms with Gasteiger partial charge in [-0.2, -0.15) is 0 Å². The van der Waals surface area contributed by atoms with E-state index in [2.05, 4.69) is 33.1 Å². The third kappa shape index (κ3) is 5.03. The highest BCUT2D eigenvalue weighted by Crippen LogP contribution is 2.16. The zero-order valence-corrected chi connectivity index (χ0v) is 14.1. The van der Waals surface area contributed by atoms with Crippen LogP contribution in [0, 0.1) is 0 Å². The summed E-state index contributed by atoms with van der Waals surface area (Å²) in [6.07, 6.45) is 0.790. The van der Waals surface area contributed by atoms with E-state index in [4.69, 9.17) is 0 Å². The Morgan fingerprint density at radius 1 is 1.04 bits per heavy atom. The van der Waals surface area contributed by atoms with Gasteiger partial charge in [0.25, 0.3) is 0 Å². The number of anilines is 2. The Balaban J connectivity index is 1.40. The van der Waals surface area contributed by atoms with Gasteiger partial charge in [-0.3, -0.25) is 4.99 Å². The van der Waals surface area contributed by atoms with E-state index in [0.29, 0.717) is 6.54 Å². The monoisotopic (exact) mass is 340 g/mol. The number of urea groups is 1. The predicted molar refractivity (Wildman–Crippen MR) is 102 cm³/mol. The van der Waals surface area contributed by atoms with Gasteiger partial charge in [-0.15, -0.1) is 0 Å². The van der Waals surface area contributed by atoms with Crippen LogP contribution in [0.2, 0.25) is 0 Å². The van der Waals surface area contributed by atoms with Crippen molar-refractivity contribution in [2.24, 2.45) is 4.99 Å². The number of hydrogen-bond acceptors (Lipinski definition) is 4. The summed E-state index contributed by atoms with van der Waals surface area (Å²) in [6.45, 7) is 1.48. The molecular formula is C18H20N4OS. The summed E-state index contributed by atoms with van der Waals surface area (Å²) in [5, 5.41) is 9.96. The van der Waals surface area contributed by atoms with E-state index in [-0.39, 0.29) is 6.03 Å². The molecule has 3 N–H and O–H groups in total. The van der Waals surface area contributed by atoms with Crippen LogP contribution in [0.25, 0.3) is 0 Å². The van der Waals surface area contributed by atoms with Crippen LogP contribution in [0.1, 0.15) is 5.56 Å². The van der Waals surface area contributed by atoms with Crippen molar-refractivity contribution in [2.45, 2.75) is 6.42 Å². The van der Waals surface area contributed by atoms with Gasteiger partial charge >= 0.3 is 6.03 Å². The lowest BCUT2D eigenvalue weighted by Gasteiger charge is -2.09. The number of hydrogen-bond donors (Lipinski definition) is 3. The number of amidine groups is 1. The molecule has 2 aromatic rings. The fourth-order valence-electron chi connectivity index (χ4n) is 2.31. The molecule has 0 saturated carbocycles. The Labute approximate surface area is 146 Å². The highest BCUT2D eigenvalue weighted by molar-refractivity contribution is 8.14. The molecule has 1 aliphatic heterocycles. The van der Waals surface area contributed by atoms with Crippen molar-refractivity contribution in [3.05, 3.63) is 60.2 Å². The summed E-state index contributed by atoms with van der Waals surface area (Å²) in [5.74, 6) is 1.05. The first-order valence-electron chi connectivity index (χ1n) is 7.93. The third-order valence-corrected chi connectivity index (χ3v) is 4.41. The van der Waals surface area contributed by atoms with E-state index < -0.39 is 0 Å². The molecule has 0 aliphatic carbocycles. The van der Waals surface area contributed by atoms with Crippen molar-refractivity contribution in [1.82, 2.24) is 5.32 Å². The number of nitrogens with one attached hydrogen (secondary N) is 3. The molecule has 124 valence electrons. The van der Waals surface area contributed by atoms with Crippen molar-refractivity contribution < 1.29 is 4.79 Å². The molecule has 24 heavy (non-hydrogen) atoms. The molecule has 0 spiro atoms. The zero-order chi connectivity index (χ0) is 16.6. The second-order valence-corrected chi connectivity index (χ2v) is 6.44. The van der Waals surface area contributed by atoms with Gasteiger partial charge in [-0.1, -0.05) is 42.1 Å².